The lowest BCUT2D eigenvalue weighted by atomic mass is 9.92. The summed E-state index contributed by atoms with van der Waals surface area (Å²) in [5.74, 6) is -0.830. The molecule has 0 saturated carbocycles. The standard InChI is InChI=1S/C16H24FN3O3.H2O/c1-16(2,3)23-15(21)8-11-10-20(7-5-12(11)17)14-4-6-18-9-13(14)19-22;/h4,6,9,11-12H,5,7-8,10,19H2,1-3H3;1H2/t11-,12-;/m1./s1. The van der Waals surface area contributed by atoms with Crippen molar-refractivity contribution in [3.8, 4) is 0 Å². The minimum absolute atomic E-state index is 0. The van der Waals surface area contributed by atoms with Gasteiger partial charge in [-0.25, -0.2) is 4.39 Å². The van der Waals surface area contributed by atoms with Crippen molar-refractivity contribution in [1.29, 1.82) is 0 Å². The van der Waals surface area contributed by atoms with E-state index in [4.69, 9.17) is 4.74 Å². The summed E-state index contributed by atoms with van der Waals surface area (Å²) >= 11 is 0. The number of rotatable bonds is 4. The quantitative estimate of drug-likeness (QED) is 0.643. The van der Waals surface area contributed by atoms with Crippen LogP contribution in [0.4, 0.5) is 15.8 Å². The van der Waals surface area contributed by atoms with Gasteiger partial charge in [0.25, 0.3) is 0 Å². The number of piperidine rings is 1. The number of esters is 1. The SMILES string of the molecule is CC(C)(C)OC(=O)C[C@@H]1CN(c2ccncc2[NH2+][O-])CC[C@H]1F.O. The predicted molar refractivity (Wildman–Crippen MR) is 88.5 cm³/mol. The molecule has 136 valence electrons. The second-order valence-corrected chi connectivity index (χ2v) is 6.85. The van der Waals surface area contributed by atoms with E-state index < -0.39 is 23.7 Å². The molecule has 1 aliphatic heterocycles. The zero-order chi connectivity index (χ0) is 17.0. The number of carbonyl (C=O) groups is 1. The molecule has 1 saturated heterocycles. The van der Waals surface area contributed by atoms with Crippen molar-refractivity contribution in [1.82, 2.24) is 4.98 Å². The molecule has 0 bridgehead atoms. The highest BCUT2D eigenvalue weighted by Gasteiger charge is 2.33. The van der Waals surface area contributed by atoms with E-state index in [1.165, 1.54) is 6.20 Å². The molecule has 2 atom stereocenters. The fraction of sp³-hybridized carbons (Fsp3) is 0.625. The number of anilines is 1. The number of quaternary nitrogens is 1. The lowest BCUT2D eigenvalue weighted by molar-refractivity contribution is -0.496. The van der Waals surface area contributed by atoms with Crippen molar-refractivity contribution in [2.45, 2.75) is 45.4 Å². The molecule has 0 unspecified atom stereocenters. The number of ether oxygens (including phenoxy) is 1. The summed E-state index contributed by atoms with van der Waals surface area (Å²) in [7, 11) is 0. The van der Waals surface area contributed by atoms with Crippen molar-refractivity contribution in [2.75, 3.05) is 18.0 Å². The molecule has 0 aromatic carbocycles. The van der Waals surface area contributed by atoms with Gasteiger partial charge in [0.05, 0.1) is 12.6 Å². The molecule has 2 heterocycles. The summed E-state index contributed by atoms with van der Waals surface area (Å²) in [5.41, 5.74) is 1.37. The number of aromatic nitrogens is 1. The lowest BCUT2D eigenvalue weighted by Gasteiger charge is -2.36. The van der Waals surface area contributed by atoms with E-state index in [2.05, 4.69) is 4.98 Å². The normalized spacial score (nSPS) is 21.1. The van der Waals surface area contributed by atoms with Crippen molar-refractivity contribution in [2.24, 2.45) is 5.92 Å². The molecule has 1 aromatic heterocycles. The number of hydrogen-bond acceptors (Lipinski definition) is 5. The molecule has 0 amide bonds. The molecular weight excluding hydrogens is 317 g/mol. The Kier molecular flexibility index (Phi) is 7.07. The Morgan fingerprint density at radius 1 is 1.54 bits per heavy atom. The average Bonchev–Trinajstić information content (AvgIpc) is 2.47. The average molecular weight is 343 g/mol. The highest BCUT2D eigenvalue weighted by atomic mass is 19.1. The van der Waals surface area contributed by atoms with Crippen LogP contribution in [0.2, 0.25) is 0 Å². The van der Waals surface area contributed by atoms with Gasteiger partial charge >= 0.3 is 5.97 Å². The third kappa shape index (κ3) is 5.40. The Labute approximate surface area is 141 Å². The third-order valence-electron chi connectivity index (χ3n) is 3.79. The minimum Gasteiger partial charge on any atom is -0.630 e. The van der Waals surface area contributed by atoms with Crippen molar-refractivity contribution >= 4 is 17.3 Å². The van der Waals surface area contributed by atoms with E-state index in [1.54, 1.807) is 33.0 Å². The first-order chi connectivity index (χ1) is 10.8. The molecule has 0 spiro atoms. The van der Waals surface area contributed by atoms with Crippen molar-refractivity contribution in [3.05, 3.63) is 23.7 Å². The molecule has 0 radical (unpaired) electrons. The Morgan fingerprint density at radius 3 is 2.88 bits per heavy atom. The van der Waals surface area contributed by atoms with Crippen LogP contribution in [0.3, 0.4) is 0 Å². The van der Waals surface area contributed by atoms with Crippen LogP contribution in [-0.4, -0.2) is 41.3 Å². The Morgan fingerprint density at radius 2 is 2.25 bits per heavy atom. The Hall–Kier alpha value is -1.77. The van der Waals surface area contributed by atoms with Crippen LogP contribution in [0.15, 0.2) is 18.5 Å². The summed E-state index contributed by atoms with van der Waals surface area (Å²) in [5, 5.41) is 11.1. The van der Waals surface area contributed by atoms with E-state index in [9.17, 15) is 14.4 Å². The highest BCUT2D eigenvalue weighted by molar-refractivity contribution is 5.70. The van der Waals surface area contributed by atoms with E-state index >= 15 is 0 Å². The smallest absolute Gasteiger partial charge is 0.306 e. The van der Waals surface area contributed by atoms with Gasteiger partial charge in [0.2, 0.25) is 0 Å². The lowest BCUT2D eigenvalue weighted by Crippen LogP contribution is -2.70. The van der Waals surface area contributed by atoms with Gasteiger partial charge in [-0.2, -0.15) is 0 Å². The van der Waals surface area contributed by atoms with Crippen LogP contribution >= 0.6 is 0 Å². The summed E-state index contributed by atoms with van der Waals surface area (Å²) in [6, 6.07) is 1.74. The number of carbonyl (C=O) groups excluding carboxylic acids is 1. The molecule has 7 nitrogen and oxygen atoms in total. The van der Waals surface area contributed by atoms with Gasteiger partial charge in [-0.05, 0) is 33.3 Å². The summed E-state index contributed by atoms with van der Waals surface area (Å²) in [6.45, 7) is 6.26. The van der Waals surface area contributed by atoms with Crippen molar-refractivity contribution in [3.63, 3.8) is 0 Å². The number of nitrogens with zero attached hydrogens (tertiary/aromatic N) is 2. The maximum Gasteiger partial charge on any atom is 0.306 e. The van der Waals surface area contributed by atoms with Gasteiger partial charge in [-0.1, -0.05) is 0 Å². The summed E-state index contributed by atoms with van der Waals surface area (Å²) < 4.78 is 19.5. The van der Waals surface area contributed by atoms with E-state index in [-0.39, 0.29) is 11.9 Å². The van der Waals surface area contributed by atoms with Crippen molar-refractivity contribution < 1.29 is 24.9 Å². The number of hydrogen-bond donors (Lipinski definition) is 1. The Bertz CT molecular complexity index is 550. The topological polar surface area (TPSA) is 114 Å². The first-order valence-electron chi connectivity index (χ1n) is 7.80. The van der Waals surface area contributed by atoms with Crippen LogP contribution in [0.25, 0.3) is 0 Å². The fourth-order valence-corrected chi connectivity index (χ4v) is 2.79. The summed E-state index contributed by atoms with van der Waals surface area (Å²) in [6.07, 6.45) is 2.42. The van der Waals surface area contributed by atoms with E-state index in [0.29, 0.717) is 25.2 Å². The first kappa shape index (κ1) is 20.3. The van der Waals surface area contributed by atoms with Gasteiger partial charge in [-0.15, -0.1) is 0 Å². The zero-order valence-electron chi connectivity index (χ0n) is 14.3. The maximum absolute atomic E-state index is 14.2. The molecule has 24 heavy (non-hydrogen) atoms. The number of alkyl halides is 1. The van der Waals surface area contributed by atoms with Gasteiger partial charge < -0.3 is 25.8 Å². The molecule has 1 aliphatic rings. The monoisotopic (exact) mass is 343 g/mol. The highest BCUT2D eigenvalue weighted by Crippen LogP contribution is 2.30. The summed E-state index contributed by atoms with van der Waals surface area (Å²) in [4.78, 5) is 17.8. The van der Waals surface area contributed by atoms with E-state index in [0.717, 1.165) is 11.2 Å². The molecule has 8 heteroatoms. The van der Waals surface area contributed by atoms with Gasteiger partial charge in [0, 0.05) is 25.2 Å². The van der Waals surface area contributed by atoms with Crippen LogP contribution < -0.4 is 10.4 Å². The van der Waals surface area contributed by atoms with Gasteiger partial charge in [0.1, 0.15) is 17.5 Å². The molecule has 4 N–H and O–H groups in total. The second kappa shape index (κ2) is 8.36. The molecule has 2 rings (SSSR count). The number of nitrogens with two attached hydrogens (primary N) is 1. The van der Waals surface area contributed by atoms with Gasteiger partial charge in [0.15, 0.2) is 5.69 Å². The fourth-order valence-electron chi connectivity index (χ4n) is 2.79. The molecule has 1 fully saturated rings. The number of halogens is 1. The van der Waals surface area contributed by atoms with Crippen LogP contribution in [0.1, 0.15) is 33.6 Å². The molecule has 1 aromatic rings. The van der Waals surface area contributed by atoms with Crippen LogP contribution in [-0.2, 0) is 9.53 Å². The zero-order valence-corrected chi connectivity index (χ0v) is 14.3. The second-order valence-electron chi connectivity index (χ2n) is 6.85. The van der Waals surface area contributed by atoms with Crippen LogP contribution in [0, 0.1) is 11.1 Å². The molecular formula is C16H26FN3O4. The first-order valence-corrected chi connectivity index (χ1v) is 7.80. The van der Waals surface area contributed by atoms with E-state index in [1.807, 2.05) is 4.90 Å². The molecule has 0 aliphatic carbocycles. The number of pyridine rings is 1. The largest absolute Gasteiger partial charge is 0.630 e. The maximum atomic E-state index is 14.2. The minimum atomic E-state index is -1.04. The predicted octanol–water partition coefficient (Wildman–Crippen LogP) is 0.846. The Balaban J connectivity index is 0.00000288. The third-order valence-corrected chi connectivity index (χ3v) is 3.79. The van der Waals surface area contributed by atoms with Gasteiger partial charge in [-0.3, -0.25) is 9.78 Å². The van der Waals surface area contributed by atoms with Crippen LogP contribution in [0.5, 0.6) is 0 Å².